The minimum Gasteiger partial charge on any atom is -0.497 e. The van der Waals surface area contributed by atoms with E-state index in [1.165, 1.54) is 4.90 Å². The number of rotatable bonds is 15. The molecule has 9 nitrogen and oxygen atoms in total. The zero-order valence-electron chi connectivity index (χ0n) is 24.8. The van der Waals surface area contributed by atoms with E-state index in [2.05, 4.69) is 11.9 Å². The van der Waals surface area contributed by atoms with Gasteiger partial charge in [-0.25, -0.2) is 9.78 Å². The van der Waals surface area contributed by atoms with E-state index in [9.17, 15) is 14.7 Å². The molecule has 1 atom stereocenters. The second-order valence-electron chi connectivity index (χ2n) is 10.1. The molecule has 1 aromatic heterocycles. The monoisotopic (exact) mass is 586 g/mol. The maximum atomic E-state index is 13.3. The minimum atomic E-state index is -1.12. The van der Waals surface area contributed by atoms with E-state index in [0.717, 1.165) is 41.8 Å². The normalized spacial score (nSPS) is 11.5. The van der Waals surface area contributed by atoms with Crippen LogP contribution in [0.25, 0.3) is 11.5 Å². The van der Waals surface area contributed by atoms with Crippen LogP contribution in [0.5, 0.6) is 17.2 Å². The maximum absolute atomic E-state index is 13.3. The molecule has 1 N–H and O–H groups in total. The van der Waals surface area contributed by atoms with Gasteiger partial charge in [0.05, 0.1) is 25.5 Å². The van der Waals surface area contributed by atoms with Crippen molar-refractivity contribution >= 4 is 12.1 Å². The first-order valence-electron chi connectivity index (χ1n) is 14.5. The fourth-order valence-corrected chi connectivity index (χ4v) is 4.76. The van der Waals surface area contributed by atoms with E-state index in [4.69, 9.17) is 18.6 Å². The van der Waals surface area contributed by atoms with Gasteiger partial charge in [-0.05, 0) is 67.4 Å². The van der Waals surface area contributed by atoms with Crippen LogP contribution in [0.15, 0.2) is 83.3 Å². The highest BCUT2D eigenvalue weighted by molar-refractivity contribution is 5.78. The van der Waals surface area contributed by atoms with Crippen LogP contribution >= 0.6 is 0 Å². The Morgan fingerprint density at radius 2 is 1.60 bits per heavy atom. The number of carboxylic acid groups (broad SMARTS) is 1. The smallest absolute Gasteiger partial charge is 0.416 e. The first-order valence-corrected chi connectivity index (χ1v) is 14.5. The van der Waals surface area contributed by atoms with Crippen LogP contribution in [-0.2, 0) is 11.2 Å². The van der Waals surface area contributed by atoms with E-state index in [-0.39, 0.29) is 0 Å². The summed E-state index contributed by atoms with van der Waals surface area (Å²) in [6.07, 6.45) is 3.22. The van der Waals surface area contributed by atoms with Gasteiger partial charge in [-0.15, -0.1) is 0 Å². The van der Waals surface area contributed by atoms with E-state index in [1.54, 1.807) is 31.4 Å². The average molecular weight is 587 g/mol. The zero-order chi connectivity index (χ0) is 30.6. The molecule has 4 aromatic rings. The van der Waals surface area contributed by atoms with Gasteiger partial charge in [0, 0.05) is 12.0 Å². The Labute approximate surface area is 252 Å². The number of carboxylic acids is 1. The van der Waals surface area contributed by atoms with Crippen molar-refractivity contribution in [3.8, 4) is 28.7 Å². The number of unbranched alkanes of at least 4 members (excludes halogenated alkanes) is 2. The Morgan fingerprint density at radius 3 is 2.26 bits per heavy atom. The number of carbonyl (C=O) groups excluding carboxylic acids is 1. The number of benzene rings is 3. The highest BCUT2D eigenvalue weighted by Gasteiger charge is 2.29. The van der Waals surface area contributed by atoms with Gasteiger partial charge in [-0.3, -0.25) is 9.69 Å². The summed E-state index contributed by atoms with van der Waals surface area (Å²) in [5, 5.41) is 9.66. The topological polar surface area (TPSA) is 111 Å². The molecule has 0 aliphatic heterocycles. The van der Waals surface area contributed by atoms with Crippen LogP contribution in [0.2, 0.25) is 0 Å². The van der Waals surface area contributed by atoms with Gasteiger partial charge < -0.3 is 23.7 Å². The lowest BCUT2D eigenvalue weighted by Gasteiger charge is -2.30. The first kappa shape index (κ1) is 31.2. The minimum absolute atomic E-state index is 0.301. The largest absolute Gasteiger partial charge is 0.497 e. The molecule has 226 valence electrons. The fourth-order valence-electron chi connectivity index (χ4n) is 4.76. The number of aryl methyl sites for hydroxylation is 1. The summed E-state index contributed by atoms with van der Waals surface area (Å²) in [6.45, 7) is 3.90. The Kier molecular flexibility index (Phi) is 11.2. The molecular formula is C34H38N2O7. The average Bonchev–Trinajstić information content (AvgIpc) is 3.39. The first-order chi connectivity index (χ1) is 20.9. The van der Waals surface area contributed by atoms with Crippen molar-refractivity contribution in [2.45, 2.75) is 52.0 Å². The molecule has 0 aliphatic carbocycles. The van der Waals surface area contributed by atoms with Crippen molar-refractivity contribution in [3.63, 3.8) is 0 Å². The Balaban J connectivity index is 1.44. The SMILES string of the molecule is CCCCCC(c1ccc(OCCc2nc(-c3ccccc3)oc2C)cc1)N(CC(=O)O)C(=O)Oc1ccc(OC)cc1. The van der Waals surface area contributed by atoms with Gasteiger partial charge in [0.2, 0.25) is 5.89 Å². The van der Waals surface area contributed by atoms with Gasteiger partial charge in [-0.1, -0.05) is 56.5 Å². The summed E-state index contributed by atoms with van der Waals surface area (Å²) in [4.78, 5) is 31.0. The molecule has 1 amide bonds. The van der Waals surface area contributed by atoms with Gasteiger partial charge in [-0.2, -0.15) is 0 Å². The van der Waals surface area contributed by atoms with Crippen LogP contribution in [-0.4, -0.2) is 47.3 Å². The number of hydrogen-bond acceptors (Lipinski definition) is 7. The standard InChI is InChI=1S/C34H38N2O7/c1-4-5-7-12-31(36(23-32(37)38)34(39)43-29-19-17-27(40-3)18-20-29)25-13-15-28(16-14-25)41-22-21-30-24(2)42-33(35-30)26-10-8-6-9-11-26/h6,8-11,13-20,31H,4-5,7,12,21-23H2,1-3H3,(H,37,38). The Morgan fingerprint density at radius 1 is 0.930 bits per heavy atom. The number of nitrogens with zero attached hydrogens (tertiary/aromatic N) is 2. The van der Waals surface area contributed by atoms with E-state index in [0.29, 0.717) is 42.6 Å². The number of carbonyl (C=O) groups is 2. The van der Waals surface area contributed by atoms with Crippen molar-refractivity contribution in [2.75, 3.05) is 20.3 Å². The second kappa shape index (κ2) is 15.4. The van der Waals surface area contributed by atoms with Gasteiger partial charge in [0.15, 0.2) is 0 Å². The van der Waals surface area contributed by atoms with Crippen LogP contribution in [0, 0.1) is 6.92 Å². The molecule has 43 heavy (non-hydrogen) atoms. The summed E-state index contributed by atoms with van der Waals surface area (Å²) >= 11 is 0. The van der Waals surface area contributed by atoms with Gasteiger partial charge in [0.1, 0.15) is 29.6 Å². The van der Waals surface area contributed by atoms with Crippen molar-refractivity contribution < 1.29 is 33.3 Å². The molecule has 0 saturated heterocycles. The Bertz CT molecular complexity index is 1450. The molecule has 9 heteroatoms. The van der Waals surface area contributed by atoms with Crippen LogP contribution in [0.1, 0.15) is 55.7 Å². The van der Waals surface area contributed by atoms with Crippen molar-refractivity contribution in [3.05, 3.63) is 95.9 Å². The summed E-state index contributed by atoms with van der Waals surface area (Å²) in [5.74, 6) is 1.80. The highest BCUT2D eigenvalue weighted by atomic mass is 16.6. The molecule has 1 unspecified atom stereocenters. The molecule has 4 rings (SSSR count). The number of ether oxygens (including phenoxy) is 3. The van der Waals surface area contributed by atoms with E-state index < -0.39 is 24.6 Å². The van der Waals surface area contributed by atoms with Gasteiger partial charge >= 0.3 is 12.1 Å². The van der Waals surface area contributed by atoms with E-state index >= 15 is 0 Å². The second-order valence-corrected chi connectivity index (χ2v) is 10.1. The van der Waals surface area contributed by atoms with E-state index in [1.807, 2.05) is 61.5 Å². The number of amides is 1. The third-order valence-corrected chi connectivity index (χ3v) is 7.05. The van der Waals surface area contributed by atoms with Crippen molar-refractivity contribution in [1.82, 2.24) is 9.88 Å². The number of hydrogen-bond donors (Lipinski definition) is 1. The number of methoxy groups -OCH3 is 1. The van der Waals surface area contributed by atoms with Crippen molar-refractivity contribution in [1.29, 1.82) is 0 Å². The summed E-state index contributed by atoms with van der Waals surface area (Å²) in [5.41, 5.74) is 2.56. The lowest BCUT2D eigenvalue weighted by molar-refractivity contribution is -0.138. The highest BCUT2D eigenvalue weighted by Crippen LogP contribution is 2.30. The quantitative estimate of drug-likeness (QED) is 0.143. The zero-order valence-corrected chi connectivity index (χ0v) is 24.8. The van der Waals surface area contributed by atoms with Gasteiger partial charge in [0.25, 0.3) is 0 Å². The predicted octanol–water partition coefficient (Wildman–Crippen LogP) is 7.49. The molecule has 0 fully saturated rings. The molecule has 1 heterocycles. The van der Waals surface area contributed by atoms with Crippen LogP contribution in [0.3, 0.4) is 0 Å². The molecular weight excluding hydrogens is 548 g/mol. The molecule has 0 bridgehead atoms. The van der Waals surface area contributed by atoms with Crippen LogP contribution < -0.4 is 14.2 Å². The lowest BCUT2D eigenvalue weighted by atomic mass is 9.98. The number of aromatic nitrogens is 1. The number of aliphatic carboxylic acids is 1. The maximum Gasteiger partial charge on any atom is 0.416 e. The lowest BCUT2D eigenvalue weighted by Crippen LogP contribution is -2.40. The molecule has 0 aliphatic rings. The molecule has 0 radical (unpaired) electrons. The third-order valence-electron chi connectivity index (χ3n) is 7.05. The molecule has 0 spiro atoms. The summed E-state index contributed by atoms with van der Waals surface area (Å²) in [6, 6.07) is 23.2. The van der Waals surface area contributed by atoms with Crippen molar-refractivity contribution in [2.24, 2.45) is 0 Å². The predicted molar refractivity (Wildman–Crippen MR) is 163 cm³/mol. The number of oxazole rings is 1. The summed E-state index contributed by atoms with van der Waals surface area (Å²) in [7, 11) is 1.55. The summed E-state index contributed by atoms with van der Waals surface area (Å²) < 4.78 is 22.6. The van der Waals surface area contributed by atoms with Crippen LogP contribution in [0.4, 0.5) is 4.79 Å². The molecule has 0 saturated carbocycles. The molecule has 3 aromatic carbocycles. The fraction of sp³-hybridized carbons (Fsp3) is 0.324. The third kappa shape index (κ3) is 8.85. The Hall–Kier alpha value is -4.79.